The number of anilines is 1. The predicted molar refractivity (Wildman–Crippen MR) is 89.1 cm³/mol. The van der Waals surface area contributed by atoms with Crippen molar-refractivity contribution in [3.05, 3.63) is 18.3 Å². The van der Waals surface area contributed by atoms with E-state index in [0.717, 1.165) is 51.2 Å². The summed E-state index contributed by atoms with van der Waals surface area (Å²) in [4.78, 5) is 6.87. The normalized spacial score (nSPS) is 23.3. The molecule has 1 aromatic heterocycles. The fraction of sp³-hybridized carbons (Fsp3) is 0.688. The van der Waals surface area contributed by atoms with Crippen LogP contribution in [0.1, 0.15) is 32.6 Å². The zero-order chi connectivity index (χ0) is 16.3. The Bertz CT molecular complexity index is 610. The number of hydrogen-bond acceptors (Lipinski definition) is 5. The quantitative estimate of drug-likeness (QED) is 0.819. The van der Waals surface area contributed by atoms with E-state index in [9.17, 15) is 8.42 Å². The van der Waals surface area contributed by atoms with E-state index >= 15 is 0 Å². The third-order valence-electron chi connectivity index (χ3n) is 4.53. The van der Waals surface area contributed by atoms with Crippen molar-refractivity contribution in [3.63, 3.8) is 0 Å². The second kappa shape index (κ2) is 7.15. The van der Waals surface area contributed by atoms with Gasteiger partial charge in [0.2, 0.25) is 10.0 Å². The van der Waals surface area contributed by atoms with Crippen molar-refractivity contribution in [3.8, 4) is 0 Å². The van der Waals surface area contributed by atoms with Crippen molar-refractivity contribution in [2.24, 2.45) is 0 Å². The zero-order valence-corrected chi connectivity index (χ0v) is 14.5. The standard InChI is InChI=1S/C16H25N3O3S/c1-2-22-14-6-5-9-18(13-14)16-8-7-15(12-17-16)23(20,21)19-10-3-4-11-19/h7-8,12,14H,2-6,9-11,13H2,1H3. The summed E-state index contributed by atoms with van der Waals surface area (Å²) in [6.45, 7) is 5.72. The molecule has 3 rings (SSSR count). The Balaban J connectivity index is 1.71. The Morgan fingerprint density at radius 2 is 2.00 bits per heavy atom. The molecule has 0 N–H and O–H groups in total. The Morgan fingerprint density at radius 3 is 2.65 bits per heavy atom. The van der Waals surface area contributed by atoms with Gasteiger partial charge in [0.1, 0.15) is 10.7 Å². The lowest BCUT2D eigenvalue weighted by molar-refractivity contribution is 0.0525. The fourth-order valence-corrected chi connectivity index (χ4v) is 4.77. The van der Waals surface area contributed by atoms with E-state index in [0.29, 0.717) is 18.0 Å². The minimum absolute atomic E-state index is 0.239. The summed E-state index contributed by atoms with van der Waals surface area (Å²) in [6.07, 6.45) is 5.76. The topological polar surface area (TPSA) is 62.7 Å². The van der Waals surface area contributed by atoms with Gasteiger partial charge in [-0.15, -0.1) is 0 Å². The molecule has 0 bridgehead atoms. The van der Waals surface area contributed by atoms with Gasteiger partial charge in [0, 0.05) is 39.0 Å². The highest BCUT2D eigenvalue weighted by Gasteiger charge is 2.28. The molecule has 0 amide bonds. The van der Waals surface area contributed by atoms with Gasteiger partial charge in [-0.1, -0.05) is 0 Å². The highest BCUT2D eigenvalue weighted by atomic mass is 32.2. The molecule has 0 saturated carbocycles. The summed E-state index contributed by atoms with van der Waals surface area (Å²) in [6, 6.07) is 3.50. The molecule has 0 spiro atoms. The molecule has 0 radical (unpaired) electrons. The molecule has 2 aliphatic rings. The second-order valence-electron chi connectivity index (χ2n) is 6.13. The van der Waals surface area contributed by atoms with Crippen LogP contribution in [0, 0.1) is 0 Å². The summed E-state index contributed by atoms with van der Waals surface area (Å²) in [5.41, 5.74) is 0. The van der Waals surface area contributed by atoms with E-state index in [1.165, 1.54) is 6.20 Å². The minimum atomic E-state index is -3.38. The van der Waals surface area contributed by atoms with E-state index < -0.39 is 10.0 Å². The number of aromatic nitrogens is 1. The molecule has 3 heterocycles. The van der Waals surface area contributed by atoms with Crippen molar-refractivity contribution in [1.29, 1.82) is 0 Å². The van der Waals surface area contributed by atoms with E-state index in [1.807, 2.05) is 13.0 Å². The van der Waals surface area contributed by atoms with Crippen molar-refractivity contribution in [1.82, 2.24) is 9.29 Å². The first kappa shape index (κ1) is 16.7. The lowest BCUT2D eigenvalue weighted by Crippen LogP contribution is -2.40. The van der Waals surface area contributed by atoms with Crippen LogP contribution in [0.3, 0.4) is 0 Å². The van der Waals surface area contributed by atoms with Gasteiger partial charge in [-0.05, 0) is 44.7 Å². The first-order valence-electron chi connectivity index (χ1n) is 8.44. The fourth-order valence-electron chi connectivity index (χ4n) is 3.31. The Morgan fingerprint density at radius 1 is 1.22 bits per heavy atom. The zero-order valence-electron chi connectivity index (χ0n) is 13.6. The van der Waals surface area contributed by atoms with Crippen molar-refractivity contribution < 1.29 is 13.2 Å². The monoisotopic (exact) mass is 339 g/mol. The molecule has 128 valence electrons. The maximum Gasteiger partial charge on any atom is 0.244 e. The van der Waals surface area contributed by atoms with Gasteiger partial charge in [-0.25, -0.2) is 13.4 Å². The van der Waals surface area contributed by atoms with Gasteiger partial charge in [-0.3, -0.25) is 0 Å². The summed E-state index contributed by atoms with van der Waals surface area (Å²) < 4.78 is 32.3. The molecule has 2 fully saturated rings. The summed E-state index contributed by atoms with van der Waals surface area (Å²) in [5, 5.41) is 0. The van der Waals surface area contributed by atoms with Crippen LogP contribution < -0.4 is 4.90 Å². The van der Waals surface area contributed by atoms with Gasteiger partial charge in [-0.2, -0.15) is 4.31 Å². The molecule has 6 nitrogen and oxygen atoms in total. The summed E-state index contributed by atoms with van der Waals surface area (Å²) >= 11 is 0. The molecule has 1 atom stereocenters. The third kappa shape index (κ3) is 3.67. The average Bonchev–Trinajstić information content (AvgIpc) is 3.11. The molecule has 0 aliphatic carbocycles. The highest BCUT2D eigenvalue weighted by Crippen LogP contribution is 2.23. The predicted octanol–water partition coefficient (Wildman–Crippen LogP) is 1.87. The molecular weight excluding hydrogens is 314 g/mol. The number of ether oxygens (including phenoxy) is 1. The van der Waals surface area contributed by atoms with Gasteiger partial charge < -0.3 is 9.64 Å². The highest BCUT2D eigenvalue weighted by molar-refractivity contribution is 7.89. The number of nitrogens with zero attached hydrogens (tertiary/aromatic N) is 3. The lowest BCUT2D eigenvalue weighted by atomic mass is 10.1. The van der Waals surface area contributed by atoms with Gasteiger partial charge in [0.15, 0.2) is 0 Å². The van der Waals surface area contributed by atoms with Crippen LogP contribution in [-0.4, -0.2) is 56.6 Å². The maximum atomic E-state index is 12.5. The van der Waals surface area contributed by atoms with Crippen LogP contribution in [0.15, 0.2) is 23.2 Å². The average molecular weight is 339 g/mol. The van der Waals surface area contributed by atoms with Crippen LogP contribution in [0.2, 0.25) is 0 Å². The van der Waals surface area contributed by atoms with E-state index in [1.54, 1.807) is 10.4 Å². The molecule has 2 aliphatic heterocycles. The van der Waals surface area contributed by atoms with Crippen LogP contribution in [0.5, 0.6) is 0 Å². The van der Waals surface area contributed by atoms with E-state index in [4.69, 9.17) is 4.74 Å². The molecule has 7 heteroatoms. The lowest BCUT2D eigenvalue weighted by Gasteiger charge is -2.33. The van der Waals surface area contributed by atoms with Crippen LogP contribution >= 0.6 is 0 Å². The van der Waals surface area contributed by atoms with Crippen LogP contribution in [0.4, 0.5) is 5.82 Å². The maximum absolute atomic E-state index is 12.5. The number of pyridine rings is 1. The molecule has 1 aromatic rings. The van der Waals surface area contributed by atoms with E-state index in [2.05, 4.69) is 9.88 Å². The SMILES string of the molecule is CCOC1CCCN(c2ccc(S(=O)(=O)N3CCCC3)cn2)C1. The van der Waals surface area contributed by atoms with Gasteiger partial charge in [0.25, 0.3) is 0 Å². The molecule has 0 aromatic carbocycles. The second-order valence-corrected chi connectivity index (χ2v) is 8.07. The Hall–Kier alpha value is -1.18. The molecule has 2 saturated heterocycles. The Labute approximate surface area is 138 Å². The van der Waals surface area contributed by atoms with Crippen LogP contribution in [0.25, 0.3) is 0 Å². The molecule has 23 heavy (non-hydrogen) atoms. The minimum Gasteiger partial charge on any atom is -0.377 e. The van der Waals surface area contributed by atoms with E-state index in [-0.39, 0.29) is 6.10 Å². The van der Waals surface area contributed by atoms with Crippen molar-refractivity contribution in [2.45, 2.75) is 43.6 Å². The number of piperidine rings is 1. The molecule has 1 unspecified atom stereocenters. The molecular formula is C16H25N3O3S. The van der Waals surface area contributed by atoms with Gasteiger partial charge in [0.05, 0.1) is 6.10 Å². The van der Waals surface area contributed by atoms with Gasteiger partial charge >= 0.3 is 0 Å². The van der Waals surface area contributed by atoms with Crippen LogP contribution in [-0.2, 0) is 14.8 Å². The third-order valence-corrected chi connectivity index (χ3v) is 6.41. The number of hydrogen-bond donors (Lipinski definition) is 0. The van der Waals surface area contributed by atoms with Crippen molar-refractivity contribution in [2.75, 3.05) is 37.7 Å². The summed E-state index contributed by atoms with van der Waals surface area (Å²) in [7, 11) is -3.38. The first-order chi connectivity index (χ1) is 11.1. The van der Waals surface area contributed by atoms with Crippen molar-refractivity contribution >= 4 is 15.8 Å². The smallest absolute Gasteiger partial charge is 0.244 e. The first-order valence-corrected chi connectivity index (χ1v) is 9.88. The number of sulfonamides is 1. The Kier molecular flexibility index (Phi) is 5.18. The number of rotatable bonds is 5. The summed E-state index contributed by atoms with van der Waals surface area (Å²) in [5.74, 6) is 0.828. The largest absolute Gasteiger partial charge is 0.377 e.